The van der Waals surface area contributed by atoms with Crippen molar-refractivity contribution in [3.05, 3.63) is 54.6 Å². The fourth-order valence-corrected chi connectivity index (χ4v) is 5.21. The highest BCUT2D eigenvalue weighted by Crippen LogP contribution is 2.29. The summed E-state index contributed by atoms with van der Waals surface area (Å²) in [5.41, 5.74) is 4.74. The average Bonchev–Trinajstić information content (AvgIpc) is 3.20. The number of rotatable bonds is 7. The molecular weight excluding hydrogens is 408 g/mol. The van der Waals surface area contributed by atoms with Gasteiger partial charge in [0.1, 0.15) is 5.82 Å². The lowest BCUT2D eigenvalue weighted by Gasteiger charge is -2.27. The highest BCUT2D eigenvalue weighted by Gasteiger charge is 2.17. The zero-order valence-corrected chi connectivity index (χ0v) is 19.9. The number of piperidine rings is 2. The molecule has 2 aliphatic rings. The van der Waals surface area contributed by atoms with Gasteiger partial charge < -0.3 is 5.32 Å². The molecule has 2 saturated heterocycles. The van der Waals surface area contributed by atoms with Crippen LogP contribution in [0.4, 0.5) is 5.82 Å². The van der Waals surface area contributed by atoms with E-state index in [1.54, 1.807) is 0 Å². The van der Waals surface area contributed by atoms with Gasteiger partial charge in [-0.2, -0.15) is 5.10 Å². The maximum absolute atomic E-state index is 4.63. The summed E-state index contributed by atoms with van der Waals surface area (Å²) < 4.78 is 2.04. The number of aromatic nitrogens is 3. The summed E-state index contributed by atoms with van der Waals surface area (Å²) in [6.45, 7) is 10.8. The first-order valence-corrected chi connectivity index (χ1v) is 12.5. The minimum absolute atomic E-state index is 0.862. The number of hydrogen-bond donors (Lipinski definition) is 1. The Morgan fingerprint density at radius 2 is 1.64 bits per heavy atom. The van der Waals surface area contributed by atoms with Crippen LogP contribution >= 0.6 is 0 Å². The van der Waals surface area contributed by atoms with Crippen molar-refractivity contribution < 1.29 is 0 Å². The van der Waals surface area contributed by atoms with Crippen molar-refractivity contribution in [3.8, 4) is 11.1 Å². The van der Waals surface area contributed by atoms with E-state index in [-0.39, 0.29) is 0 Å². The summed E-state index contributed by atoms with van der Waals surface area (Å²) in [5.74, 6) is 0.862. The fraction of sp³-hybridized carbons (Fsp3) is 0.481. The van der Waals surface area contributed by atoms with Crippen LogP contribution in [0.2, 0.25) is 0 Å². The minimum atomic E-state index is 0.862. The third kappa shape index (κ3) is 5.28. The topological polar surface area (TPSA) is 49.2 Å². The Hall–Kier alpha value is -2.70. The predicted octanol–water partition coefficient (Wildman–Crippen LogP) is 5.03. The molecule has 3 aromatic rings. The van der Waals surface area contributed by atoms with E-state index in [9.17, 15) is 0 Å². The van der Waals surface area contributed by atoms with Gasteiger partial charge in [0, 0.05) is 43.0 Å². The van der Waals surface area contributed by atoms with Crippen LogP contribution in [-0.4, -0.2) is 57.3 Å². The van der Waals surface area contributed by atoms with Gasteiger partial charge in [0.15, 0.2) is 0 Å². The summed E-state index contributed by atoms with van der Waals surface area (Å²) >= 11 is 0. The van der Waals surface area contributed by atoms with Crippen LogP contribution < -0.4 is 5.32 Å². The minimum Gasteiger partial charge on any atom is -0.343 e. The lowest BCUT2D eigenvalue weighted by Crippen LogP contribution is -2.32. The molecule has 33 heavy (non-hydrogen) atoms. The molecule has 0 radical (unpaired) electrons. The number of hydrogen-bond acceptors (Lipinski definition) is 5. The summed E-state index contributed by atoms with van der Waals surface area (Å²) in [4.78, 5) is 9.66. The molecule has 6 nitrogen and oxygen atoms in total. The van der Waals surface area contributed by atoms with Crippen LogP contribution in [0, 0.1) is 0 Å². The van der Waals surface area contributed by atoms with E-state index < -0.39 is 0 Å². The molecule has 0 unspecified atom stereocenters. The molecule has 5 rings (SSSR count). The molecule has 0 saturated carbocycles. The van der Waals surface area contributed by atoms with Crippen molar-refractivity contribution in [1.29, 1.82) is 0 Å². The van der Waals surface area contributed by atoms with Crippen LogP contribution in [0.25, 0.3) is 21.9 Å². The molecule has 2 aliphatic heterocycles. The van der Waals surface area contributed by atoms with Crippen LogP contribution in [0.5, 0.6) is 0 Å². The molecule has 0 atom stereocenters. The molecule has 174 valence electrons. The Morgan fingerprint density at radius 1 is 0.909 bits per heavy atom. The number of likely N-dealkylation sites (tertiary alicyclic amines) is 2. The molecule has 4 heterocycles. The normalized spacial score (nSPS) is 18.0. The molecule has 0 bridgehead atoms. The number of nitrogens with one attached hydrogen (secondary N) is 1. The zero-order valence-electron chi connectivity index (χ0n) is 19.9. The van der Waals surface area contributed by atoms with Crippen molar-refractivity contribution in [2.24, 2.45) is 7.05 Å². The van der Waals surface area contributed by atoms with Crippen molar-refractivity contribution >= 4 is 16.6 Å². The number of nitrogens with zero attached hydrogens (tertiary/aromatic N) is 5. The molecule has 0 aliphatic carbocycles. The fourth-order valence-electron chi connectivity index (χ4n) is 5.21. The van der Waals surface area contributed by atoms with Gasteiger partial charge in [-0.15, -0.1) is 0 Å². The van der Waals surface area contributed by atoms with Crippen LogP contribution in [-0.2, 0) is 13.6 Å². The summed E-state index contributed by atoms with van der Waals surface area (Å²) in [5, 5.41) is 10.4. The zero-order chi connectivity index (χ0) is 22.6. The molecule has 1 aromatic carbocycles. The number of pyridine rings is 1. The second kappa shape index (κ2) is 10.1. The van der Waals surface area contributed by atoms with Gasteiger partial charge in [0.25, 0.3) is 0 Å². The Morgan fingerprint density at radius 3 is 2.39 bits per heavy atom. The summed E-state index contributed by atoms with van der Waals surface area (Å²) in [6, 6.07) is 8.78. The van der Waals surface area contributed by atoms with Crippen molar-refractivity contribution in [3.63, 3.8) is 0 Å². The standard InChI is InChI=1S/C27H36N6/c1-21(19-32-11-5-3-6-12-32)30-27-16-24-15-22(9-10-23(24)17-28-27)25-18-29-31(2)26(25)20-33-13-7-4-8-14-33/h9-10,15-18H,1,3-8,11-14,19-20H2,2H3,(H,28,30). The third-order valence-corrected chi connectivity index (χ3v) is 7.08. The average molecular weight is 445 g/mol. The largest absolute Gasteiger partial charge is 0.343 e. The maximum atomic E-state index is 4.63. The molecule has 6 heteroatoms. The van der Waals surface area contributed by atoms with Gasteiger partial charge in [-0.3, -0.25) is 14.5 Å². The molecular formula is C27H36N6. The molecule has 2 fully saturated rings. The van der Waals surface area contributed by atoms with Crippen molar-refractivity contribution in [2.75, 3.05) is 38.0 Å². The second-order valence-corrected chi connectivity index (χ2v) is 9.66. The van der Waals surface area contributed by atoms with E-state index in [0.717, 1.165) is 30.0 Å². The van der Waals surface area contributed by atoms with Gasteiger partial charge in [0.2, 0.25) is 0 Å². The highest BCUT2D eigenvalue weighted by atomic mass is 15.3. The lowest BCUT2D eigenvalue weighted by atomic mass is 10.0. The molecule has 2 aromatic heterocycles. The van der Waals surface area contributed by atoms with Gasteiger partial charge in [-0.1, -0.05) is 31.6 Å². The molecule has 1 N–H and O–H groups in total. The number of benzene rings is 1. The Labute approximate surface area is 197 Å². The van der Waals surface area contributed by atoms with Crippen LogP contribution in [0.3, 0.4) is 0 Å². The molecule has 0 amide bonds. The Bertz CT molecular complexity index is 1100. The highest BCUT2D eigenvalue weighted by molar-refractivity contribution is 5.88. The van der Waals surface area contributed by atoms with E-state index >= 15 is 0 Å². The summed E-state index contributed by atoms with van der Waals surface area (Å²) in [6.07, 6.45) is 11.9. The number of anilines is 1. The first-order valence-electron chi connectivity index (χ1n) is 12.5. The summed E-state index contributed by atoms with van der Waals surface area (Å²) in [7, 11) is 2.06. The van der Waals surface area contributed by atoms with E-state index in [1.165, 1.54) is 86.9 Å². The van der Waals surface area contributed by atoms with E-state index in [1.807, 2.05) is 17.1 Å². The molecule has 0 spiro atoms. The van der Waals surface area contributed by atoms with Crippen molar-refractivity contribution in [1.82, 2.24) is 24.6 Å². The SMILES string of the molecule is C=C(CN1CCCCC1)Nc1cc2cc(-c3cnn(C)c3CN3CCCCC3)ccc2cn1. The smallest absolute Gasteiger partial charge is 0.130 e. The third-order valence-electron chi connectivity index (χ3n) is 7.08. The first-order chi connectivity index (χ1) is 16.2. The quantitative estimate of drug-likeness (QED) is 0.554. The van der Waals surface area contributed by atoms with Gasteiger partial charge in [-0.25, -0.2) is 4.98 Å². The Balaban J connectivity index is 1.34. The lowest BCUT2D eigenvalue weighted by molar-refractivity contribution is 0.216. The van der Waals surface area contributed by atoms with Gasteiger partial charge in [-0.05, 0) is 74.9 Å². The second-order valence-electron chi connectivity index (χ2n) is 9.66. The van der Waals surface area contributed by atoms with E-state index in [0.29, 0.717) is 0 Å². The maximum Gasteiger partial charge on any atom is 0.130 e. The van der Waals surface area contributed by atoms with Crippen LogP contribution in [0.1, 0.15) is 44.2 Å². The van der Waals surface area contributed by atoms with Crippen molar-refractivity contribution in [2.45, 2.75) is 45.1 Å². The first kappa shape index (κ1) is 22.1. The predicted molar refractivity (Wildman–Crippen MR) is 136 cm³/mol. The number of aryl methyl sites for hydroxylation is 1. The van der Waals surface area contributed by atoms with Crippen LogP contribution in [0.15, 0.2) is 48.9 Å². The number of fused-ring (bicyclic) bond motifs is 1. The Kier molecular flexibility index (Phi) is 6.74. The van der Waals surface area contributed by atoms with Gasteiger partial charge >= 0.3 is 0 Å². The van der Waals surface area contributed by atoms with Gasteiger partial charge in [0.05, 0.1) is 11.9 Å². The monoisotopic (exact) mass is 444 g/mol. The van der Waals surface area contributed by atoms with E-state index in [4.69, 9.17) is 0 Å². The van der Waals surface area contributed by atoms with E-state index in [2.05, 4.69) is 63.1 Å².